The first-order valence-corrected chi connectivity index (χ1v) is 6.56. The summed E-state index contributed by atoms with van der Waals surface area (Å²) in [5.41, 5.74) is -0.582. The van der Waals surface area contributed by atoms with E-state index in [1.165, 1.54) is 4.90 Å². The molecule has 0 aromatic carbocycles. The summed E-state index contributed by atoms with van der Waals surface area (Å²) in [4.78, 5) is 25.4. The Morgan fingerprint density at radius 2 is 2.05 bits per heavy atom. The molecule has 1 amide bonds. The number of esters is 1. The Kier molecular flexibility index (Phi) is 5.11. The number of likely N-dealkylation sites (tertiary alicyclic amines) is 1. The van der Waals surface area contributed by atoms with Gasteiger partial charge in [0, 0.05) is 6.04 Å². The highest BCUT2D eigenvalue weighted by atomic mass is 16.6. The summed E-state index contributed by atoms with van der Waals surface area (Å²) in [5, 5.41) is 9.04. The Morgan fingerprint density at radius 1 is 1.42 bits per heavy atom. The summed E-state index contributed by atoms with van der Waals surface area (Å²) in [6, 6.07) is -0.668. The number of hydrogen-bond donors (Lipinski definition) is 1. The van der Waals surface area contributed by atoms with Crippen molar-refractivity contribution in [1.29, 1.82) is 0 Å². The average molecular weight is 269 g/mol. The molecule has 1 aliphatic rings. The Hall–Kier alpha value is -1.36. The third-order valence-electron chi connectivity index (χ3n) is 3.04. The Balaban J connectivity index is 2.84. The predicted molar refractivity (Wildman–Crippen MR) is 71.4 cm³/mol. The van der Waals surface area contributed by atoms with Gasteiger partial charge in [-0.1, -0.05) is 6.08 Å². The zero-order valence-corrected chi connectivity index (χ0v) is 11.9. The Labute approximate surface area is 114 Å². The van der Waals surface area contributed by atoms with Crippen LogP contribution in [0.25, 0.3) is 0 Å². The van der Waals surface area contributed by atoms with E-state index in [-0.39, 0.29) is 6.04 Å². The molecule has 0 spiro atoms. The quantitative estimate of drug-likeness (QED) is 0.616. The number of ether oxygens (including phenoxy) is 1. The molecule has 0 radical (unpaired) electrons. The highest BCUT2D eigenvalue weighted by molar-refractivity contribution is 5.86. The lowest BCUT2D eigenvalue weighted by molar-refractivity contribution is -0.164. The van der Waals surface area contributed by atoms with E-state index in [2.05, 4.69) is 6.58 Å². The molecule has 1 saturated heterocycles. The summed E-state index contributed by atoms with van der Waals surface area (Å²) in [6.07, 6.45) is 3.63. The number of amides is 1. The maximum absolute atomic E-state index is 12.1. The molecular weight excluding hydrogens is 246 g/mol. The Bertz CT molecular complexity index is 359. The largest absolute Gasteiger partial charge is 0.458 e. The van der Waals surface area contributed by atoms with Crippen LogP contribution in [-0.2, 0) is 14.3 Å². The van der Waals surface area contributed by atoms with Gasteiger partial charge in [0.25, 0.3) is 0 Å². The van der Waals surface area contributed by atoms with Gasteiger partial charge in [0.15, 0.2) is 0 Å². The second-order valence-electron chi connectivity index (χ2n) is 5.76. The zero-order valence-electron chi connectivity index (χ0n) is 11.9. The third kappa shape index (κ3) is 4.06. The molecule has 5 heteroatoms. The molecule has 0 bridgehead atoms. The molecule has 5 nitrogen and oxygen atoms in total. The predicted octanol–water partition coefficient (Wildman–Crippen LogP) is 1.26. The maximum Gasteiger partial charge on any atom is 0.329 e. The third-order valence-corrected chi connectivity index (χ3v) is 3.04. The van der Waals surface area contributed by atoms with Crippen molar-refractivity contribution in [2.45, 2.75) is 57.7 Å². The first-order valence-electron chi connectivity index (χ1n) is 6.56. The molecule has 1 N–H and O–H groups in total. The van der Waals surface area contributed by atoms with Gasteiger partial charge in [-0.2, -0.15) is 0 Å². The van der Waals surface area contributed by atoms with Crippen molar-refractivity contribution in [3.8, 4) is 0 Å². The smallest absolute Gasteiger partial charge is 0.329 e. The zero-order chi connectivity index (χ0) is 14.6. The van der Waals surface area contributed by atoms with Crippen LogP contribution in [0.15, 0.2) is 12.7 Å². The molecule has 108 valence electrons. The SMILES string of the molecule is C=CCC1CC[C@@H](C(=O)OC(C)(C)C)N1C(=O)CO. The molecule has 0 aromatic heterocycles. The van der Waals surface area contributed by atoms with Crippen LogP contribution in [0, 0.1) is 0 Å². The fraction of sp³-hybridized carbons (Fsp3) is 0.714. The molecule has 1 rings (SSSR count). The number of carbonyl (C=O) groups is 2. The normalized spacial score (nSPS) is 23.3. The van der Waals surface area contributed by atoms with Gasteiger partial charge in [-0.05, 0) is 40.0 Å². The van der Waals surface area contributed by atoms with Gasteiger partial charge < -0.3 is 14.7 Å². The van der Waals surface area contributed by atoms with E-state index in [4.69, 9.17) is 9.84 Å². The first kappa shape index (κ1) is 15.7. The summed E-state index contributed by atoms with van der Waals surface area (Å²) >= 11 is 0. The lowest BCUT2D eigenvalue weighted by atomic mass is 10.1. The number of aliphatic hydroxyl groups excluding tert-OH is 1. The van der Waals surface area contributed by atoms with E-state index in [9.17, 15) is 9.59 Å². The van der Waals surface area contributed by atoms with Gasteiger partial charge in [0.1, 0.15) is 18.2 Å². The summed E-state index contributed by atoms with van der Waals surface area (Å²) in [5.74, 6) is -0.832. The minimum atomic E-state index is -0.594. The van der Waals surface area contributed by atoms with Gasteiger partial charge in [0.05, 0.1) is 0 Å². The first-order chi connectivity index (χ1) is 8.80. The van der Waals surface area contributed by atoms with Gasteiger partial charge in [0.2, 0.25) is 5.91 Å². The fourth-order valence-electron chi connectivity index (χ4n) is 2.37. The van der Waals surface area contributed by atoms with Crippen LogP contribution in [0.3, 0.4) is 0 Å². The van der Waals surface area contributed by atoms with Gasteiger partial charge in [-0.3, -0.25) is 4.79 Å². The standard InChI is InChI=1S/C14H23NO4/c1-5-6-10-7-8-11(15(10)12(17)9-16)13(18)19-14(2,3)4/h5,10-11,16H,1,6-9H2,2-4H3/t10?,11-/m0/s1. The second-order valence-corrected chi connectivity index (χ2v) is 5.76. The molecule has 0 aliphatic carbocycles. The van der Waals surface area contributed by atoms with Gasteiger partial charge in [-0.15, -0.1) is 6.58 Å². The molecule has 19 heavy (non-hydrogen) atoms. The van der Waals surface area contributed by atoms with Crippen LogP contribution in [-0.4, -0.2) is 46.2 Å². The molecule has 0 aromatic rings. The van der Waals surface area contributed by atoms with E-state index in [1.807, 2.05) is 0 Å². The lowest BCUT2D eigenvalue weighted by Crippen LogP contribution is -2.48. The Morgan fingerprint density at radius 3 is 2.53 bits per heavy atom. The van der Waals surface area contributed by atoms with Crippen molar-refractivity contribution in [1.82, 2.24) is 4.90 Å². The topological polar surface area (TPSA) is 66.8 Å². The molecule has 1 aliphatic heterocycles. The maximum atomic E-state index is 12.1. The summed E-state index contributed by atoms with van der Waals surface area (Å²) in [6.45, 7) is 8.44. The van der Waals surface area contributed by atoms with Gasteiger partial charge in [-0.25, -0.2) is 4.79 Å². The number of rotatable bonds is 4. The average Bonchev–Trinajstić information content (AvgIpc) is 2.70. The fourth-order valence-corrected chi connectivity index (χ4v) is 2.37. The molecule has 0 saturated carbocycles. The monoisotopic (exact) mass is 269 g/mol. The van der Waals surface area contributed by atoms with Crippen molar-refractivity contribution >= 4 is 11.9 Å². The highest BCUT2D eigenvalue weighted by Gasteiger charge is 2.41. The number of nitrogens with zero attached hydrogens (tertiary/aromatic N) is 1. The van der Waals surface area contributed by atoms with Crippen LogP contribution in [0.5, 0.6) is 0 Å². The van der Waals surface area contributed by atoms with Crippen LogP contribution in [0.4, 0.5) is 0 Å². The molecular formula is C14H23NO4. The van der Waals surface area contributed by atoms with E-state index in [0.29, 0.717) is 12.8 Å². The minimum absolute atomic E-state index is 0.0744. The van der Waals surface area contributed by atoms with Crippen molar-refractivity contribution < 1.29 is 19.4 Å². The molecule has 1 unspecified atom stereocenters. The van der Waals surface area contributed by atoms with Gasteiger partial charge >= 0.3 is 5.97 Å². The van der Waals surface area contributed by atoms with E-state index >= 15 is 0 Å². The summed E-state index contributed by atoms with van der Waals surface area (Å²) < 4.78 is 5.33. The van der Waals surface area contributed by atoms with Crippen molar-refractivity contribution in [2.75, 3.05) is 6.61 Å². The number of aliphatic hydroxyl groups is 1. The minimum Gasteiger partial charge on any atom is -0.458 e. The van der Waals surface area contributed by atoms with Crippen molar-refractivity contribution in [3.05, 3.63) is 12.7 Å². The molecule has 1 fully saturated rings. The summed E-state index contributed by atoms with van der Waals surface area (Å²) in [7, 11) is 0. The lowest BCUT2D eigenvalue weighted by Gasteiger charge is -2.30. The number of carbonyl (C=O) groups excluding carboxylic acids is 2. The van der Waals surface area contributed by atoms with Crippen LogP contribution >= 0.6 is 0 Å². The van der Waals surface area contributed by atoms with E-state index < -0.39 is 30.1 Å². The van der Waals surface area contributed by atoms with E-state index in [0.717, 1.165) is 6.42 Å². The molecule has 2 atom stereocenters. The highest BCUT2D eigenvalue weighted by Crippen LogP contribution is 2.28. The van der Waals surface area contributed by atoms with Crippen molar-refractivity contribution in [3.63, 3.8) is 0 Å². The van der Waals surface area contributed by atoms with Crippen LogP contribution in [0.2, 0.25) is 0 Å². The van der Waals surface area contributed by atoms with Crippen LogP contribution < -0.4 is 0 Å². The van der Waals surface area contributed by atoms with E-state index in [1.54, 1.807) is 26.8 Å². The van der Waals surface area contributed by atoms with Crippen molar-refractivity contribution in [2.24, 2.45) is 0 Å². The molecule has 1 heterocycles. The number of hydrogen-bond acceptors (Lipinski definition) is 4. The van der Waals surface area contributed by atoms with Crippen LogP contribution in [0.1, 0.15) is 40.0 Å². The second kappa shape index (κ2) is 6.19.